The van der Waals surface area contributed by atoms with Crippen molar-refractivity contribution in [1.82, 2.24) is 4.98 Å². The first-order valence-corrected chi connectivity index (χ1v) is 4.14. The van der Waals surface area contributed by atoms with Gasteiger partial charge < -0.3 is 5.73 Å². The van der Waals surface area contributed by atoms with E-state index in [4.69, 9.17) is 5.73 Å². The number of rotatable bonds is 2. The zero-order valence-corrected chi connectivity index (χ0v) is 7.67. The predicted molar refractivity (Wildman–Crippen MR) is 46.8 cm³/mol. The van der Waals surface area contributed by atoms with Gasteiger partial charge >= 0.3 is 6.18 Å². The Hall–Kier alpha value is -1.10. The average Bonchev–Trinajstić information content (AvgIpc) is 2.02. The lowest BCUT2D eigenvalue weighted by Crippen LogP contribution is -2.28. The van der Waals surface area contributed by atoms with Crippen LogP contribution < -0.4 is 5.73 Å². The fourth-order valence-electron chi connectivity index (χ4n) is 1.24. The molecule has 0 spiro atoms. The number of halogens is 3. The summed E-state index contributed by atoms with van der Waals surface area (Å²) in [5, 5.41) is 0. The minimum Gasteiger partial charge on any atom is -0.330 e. The second-order valence-electron chi connectivity index (χ2n) is 3.06. The molecule has 78 valence electrons. The normalized spacial score (nSPS) is 14.1. The van der Waals surface area contributed by atoms with Crippen molar-refractivity contribution < 1.29 is 13.2 Å². The zero-order chi connectivity index (χ0) is 10.8. The summed E-state index contributed by atoms with van der Waals surface area (Å²) in [5.74, 6) is -1.59. The maximum atomic E-state index is 12.4. The van der Waals surface area contributed by atoms with Gasteiger partial charge in [-0.05, 0) is 24.6 Å². The molecule has 0 aliphatic carbocycles. The summed E-state index contributed by atoms with van der Waals surface area (Å²) < 4.78 is 37.3. The minimum atomic E-state index is -4.29. The fraction of sp³-hybridized carbons (Fsp3) is 0.444. The quantitative estimate of drug-likeness (QED) is 0.800. The Balaban J connectivity index is 3.01. The lowest BCUT2D eigenvalue weighted by molar-refractivity contribution is -0.148. The molecule has 2 N–H and O–H groups in total. The first-order valence-electron chi connectivity index (χ1n) is 4.14. The van der Waals surface area contributed by atoms with Gasteiger partial charge in [-0.25, -0.2) is 0 Å². The van der Waals surface area contributed by atoms with Crippen molar-refractivity contribution in [3.8, 4) is 0 Å². The third-order valence-electron chi connectivity index (χ3n) is 1.95. The van der Waals surface area contributed by atoms with E-state index in [0.717, 1.165) is 0 Å². The molecule has 1 atom stereocenters. The van der Waals surface area contributed by atoms with Crippen LogP contribution in [-0.2, 0) is 0 Å². The molecule has 0 aliphatic rings. The highest BCUT2D eigenvalue weighted by atomic mass is 19.4. The third-order valence-corrected chi connectivity index (χ3v) is 1.95. The van der Waals surface area contributed by atoms with Crippen LogP contribution in [0, 0.1) is 6.92 Å². The number of alkyl halides is 3. The van der Waals surface area contributed by atoms with Gasteiger partial charge in [0.05, 0.1) is 5.92 Å². The van der Waals surface area contributed by atoms with Crippen LogP contribution in [0.25, 0.3) is 0 Å². The van der Waals surface area contributed by atoms with E-state index in [1.165, 1.54) is 18.3 Å². The molecule has 5 heteroatoms. The molecule has 0 aromatic carbocycles. The molecule has 0 saturated heterocycles. The number of pyridine rings is 1. The van der Waals surface area contributed by atoms with Crippen LogP contribution in [0.3, 0.4) is 0 Å². The van der Waals surface area contributed by atoms with Gasteiger partial charge in [0.2, 0.25) is 0 Å². The van der Waals surface area contributed by atoms with Crippen molar-refractivity contribution in [2.45, 2.75) is 19.0 Å². The minimum absolute atomic E-state index is 0.174. The lowest BCUT2D eigenvalue weighted by Gasteiger charge is -2.18. The summed E-state index contributed by atoms with van der Waals surface area (Å²) in [4.78, 5) is 3.83. The number of nitrogens with zero attached hydrogens (tertiary/aromatic N) is 1. The molecular weight excluding hydrogens is 193 g/mol. The van der Waals surface area contributed by atoms with Crippen molar-refractivity contribution in [2.75, 3.05) is 6.54 Å². The van der Waals surface area contributed by atoms with Crippen LogP contribution in [0.15, 0.2) is 18.3 Å². The Morgan fingerprint density at radius 2 is 2.14 bits per heavy atom. The Bertz CT molecular complexity index is 309. The Labute approximate surface area is 79.9 Å². The molecule has 0 saturated carbocycles. The Morgan fingerprint density at radius 1 is 1.50 bits per heavy atom. The number of aromatic nitrogens is 1. The summed E-state index contributed by atoms with van der Waals surface area (Å²) >= 11 is 0. The van der Waals surface area contributed by atoms with Gasteiger partial charge in [-0.1, -0.05) is 0 Å². The second kappa shape index (κ2) is 3.96. The predicted octanol–water partition coefficient (Wildman–Crippen LogP) is 1.99. The summed E-state index contributed by atoms with van der Waals surface area (Å²) in [7, 11) is 0. The van der Waals surface area contributed by atoms with Crippen molar-refractivity contribution in [2.24, 2.45) is 5.73 Å². The van der Waals surface area contributed by atoms with Gasteiger partial charge in [-0.2, -0.15) is 13.2 Å². The van der Waals surface area contributed by atoms with Crippen LogP contribution in [0.2, 0.25) is 0 Å². The molecule has 0 radical (unpaired) electrons. The smallest absolute Gasteiger partial charge is 0.330 e. The molecule has 1 rings (SSSR count). The molecule has 1 aromatic rings. The van der Waals surface area contributed by atoms with Crippen LogP contribution in [0.5, 0.6) is 0 Å². The van der Waals surface area contributed by atoms with Gasteiger partial charge in [0, 0.05) is 18.4 Å². The van der Waals surface area contributed by atoms with E-state index >= 15 is 0 Å². The molecule has 0 aliphatic heterocycles. The monoisotopic (exact) mass is 204 g/mol. The molecule has 14 heavy (non-hydrogen) atoms. The molecule has 0 amide bonds. The lowest BCUT2D eigenvalue weighted by atomic mass is 9.99. The van der Waals surface area contributed by atoms with Gasteiger partial charge in [0.25, 0.3) is 0 Å². The van der Waals surface area contributed by atoms with Gasteiger partial charge in [-0.15, -0.1) is 0 Å². The van der Waals surface area contributed by atoms with E-state index < -0.39 is 18.6 Å². The molecule has 0 fully saturated rings. The van der Waals surface area contributed by atoms with E-state index in [1.807, 2.05) is 0 Å². The number of nitrogens with two attached hydrogens (primary N) is 1. The zero-order valence-electron chi connectivity index (χ0n) is 7.67. The maximum Gasteiger partial charge on any atom is 0.396 e. The van der Waals surface area contributed by atoms with Crippen molar-refractivity contribution >= 4 is 0 Å². The molecule has 1 aromatic heterocycles. The first kappa shape index (κ1) is 11.0. The van der Waals surface area contributed by atoms with Crippen molar-refractivity contribution in [3.05, 3.63) is 29.6 Å². The van der Waals surface area contributed by atoms with Crippen LogP contribution >= 0.6 is 0 Å². The molecule has 1 heterocycles. The number of hydrogen-bond donors (Lipinski definition) is 1. The van der Waals surface area contributed by atoms with Crippen molar-refractivity contribution in [3.63, 3.8) is 0 Å². The molecule has 2 nitrogen and oxygen atoms in total. The summed E-state index contributed by atoms with van der Waals surface area (Å²) in [6.07, 6.45) is -2.93. The highest BCUT2D eigenvalue weighted by Crippen LogP contribution is 2.33. The SMILES string of the molecule is Cc1cc(C(CN)C(F)(F)F)ccn1. The van der Waals surface area contributed by atoms with E-state index in [9.17, 15) is 13.2 Å². The van der Waals surface area contributed by atoms with E-state index in [1.54, 1.807) is 6.92 Å². The second-order valence-corrected chi connectivity index (χ2v) is 3.06. The Kier molecular flexibility index (Phi) is 3.10. The van der Waals surface area contributed by atoms with Gasteiger partial charge in [0.1, 0.15) is 0 Å². The van der Waals surface area contributed by atoms with E-state index in [0.29, 0.717) is 5.69 Å². The highest BCUT2D eigenvalue weighted by molar-refractivity contribution is 5.21. The van der Waals surface area contributed by atoms with Crippen molar-refractivity contribution in [1.29, 1.82) is 0 Å². The number of aryl methyl sites for hydroxylation is 1. The fourth-order valence-corrected chi connectivity index (χ4v) is 1.24. The average molecular weight is 204 g/mol. The summed E-state index contributed by atoms with van der Waals surface area (Å²) in [6, 6.07) is 2.75. The third kappa shape index (κ3) is 2.45. The first-order chi connectivity index (χ1) is 6.45. The Morgan fingerprint density at radius 3 is 2.57 bits per heavy atom. The summed E-state index contributed by atoms with van der Waals surface area (Å²) in [6.45, 7) is 1.21. The molecule has 1 unspecified atom stereocenters. The summed E-state index contributed by atoms with van der Waals surface area (Å²) in [5.41, 5.74) is 5.83. The maximum absolute atomic E-state index is 12.4. The largest absolute Gasteiger partial charge is 0.396 e. The van der Waals surface area contributed by atoms with Gasteiger partial charge in [-0.3, -0.25) is 4.98 Å². The van der Waals surface area contributed by atoms with Crippen LogP contribution in [0.1, 0.15) is 17.2 Å². The standard InChI is InChI=1S/C9H11F3N2/c1-6-4-7(2-3-14-6)8(5-13)9(10,11)12/h2-4,8H,5,13H2,1H3. The molecular formula is C9H11F3N2. The van der Waals surface area contributed by atoms with Crippen LogP contribution in [-0.4, -0.2) is 17.7 Å². The van der Waals surface area contributed by atoms with Crippen LogP contribution in [0.4, 0.5) is 13.2 Å². The van der Waals surface area contributed by atoms with E-state index in [-0.39, 0.29) is 5.56 Å². The van der Waals surface area contributed by atoms with E-state index in [2.05, 4.69) is 4.98 Å². The topological polar surface area (TPSA) is 38.9 Å². The van der Waals surface area contributed by atoms with Gasteiger partial charge in [0.15, 0.2) is 0 Å². The number of hydrogen-bond acceptors (Lipinski definition) is 2. The molecule has 0 bridgehead atoms. The highest BCUT2D eigenvalue weighted by Gasteiger charge is 2.39.